The second-order valence-electron chi connectivity index (χ2n) is 9.01. The number of hydrogen-bond donors (Lipinski definition) is 1. The number of rotatable bonds is 13. The van der Waals surface area contributed by atoms with E-state index in [0.29, 0.717) is 18.0 Å². The Labute approximate surface area is 241 Å². The van der Waals surface area contributed by atoms with Crippen LogP contribution >= 0.6 is 0 Å². The van der Waals surface area contributed by atoms with Crippen LogP contribution in [-0.4, -0.2) is 42.8 Å². The second-order valence-corrected chi connectivity index (χ2v) is 9.01. The summed E-state index contributed by atoms with van der Waals surface area (Å²) < 4.78 is 10.7. The Morgan fingerprint density at radius 3 is 2.38 bits per heavy atom. The molecule has 0 aliphatic rings. The number of nitrogens with zero attached hydrogens (tertiary/aromatic N) is 5. The molecule has 0 aromatic heterocycles. The lowest BCUT2D eigenvalue weighted by atomic mass is 10.1. The maximum atomic E-state index is 12.3. The van der Waals surface area contributed by atoms with Gasteiger partial charge in [-0.3, -0.25) is 24.5 Å². The molecule has 13 nitrogen and oxygen atoms in total. The van der Waals surface area contributed by atoms with Gasteiger partial charge >= 0.3 is 5.97 Å². The van der Waals surface area contributed by atoms with Crippen LogP contribution in [0.3, 0.4) is 0 Å². The number of carbonyl (C=O) groups excluding carboxylic acids is 3. The van der Waals surface area contributed by atoms with Gasteiger partial charge in [-0.05, 0) is 24.6 Å². The molecule has 42 heavy (non-hydrogen) atoms. The molecule has 3 rings (SSSR count). The van der Waals surface area contributed by atoms with Gasteiger partial charge < -0.3 is 19.7 Å². The Morgan fingerprint density at radius 1 is 1.05 bits per heavy atom. The van der Waals surface area contributed by atoms with Gasteiger partial charge in [-0.2, -0.15) is 5.26 Å². The molecule has 0 aliphatic heterocycles. The van der Waals surface area contributed by atoms with Crippen molar-refractivity contribution >= 4 is 46.1 Å². The van der Waals surface area contributed by atoms with Gasteiger partial charge in [0.1, 0.15) is 29.8 Å². The zero-order valence-electron chi connectivity index (χ0n) is 23.2. The lowest BCUT2D eigenvalue weighted by molar-refractivity contribution is -0.384. The first-order valence-corrected chi connectivity index (χ1v) is 12.6. The Morgan fingerprint density at radius 2 is 1.76 bits per heavy atom. The number of benzene rings is 3. The number of methoxy groups -OCH3 is 1. The minimum absolute atomic E-state index is 0.0305. The van der Waals surface area contributed by atoms with E-state index in [-0.39, 0.29) is 53.7 Å². The average Bonchev–Trinajstić information content (AvgIpc) is 2.97. The number of ether oxygens (including phenoxy) is 2. The first kappa shape index (κ1) is 30.9. The molecule has 3 aromatic rings. The number of azo groups is 1. The zero-order chi connectivity index (χ0) is 30.6. The maximum absolute atomic E-state index is 12.3. The van der Waals surface area contributed by atoms with E-state index in [2.05, 4.69) is 15.5 Å². The Balaban J connectivity index is 2.04. The SMILES string of the molecule is COc1cc(N=Nc2ccc([N+](=O)[O-])cc2C#N)c(NC(C)=O)cc1N(CCC(=O)OCC(C)=O)Cc1ccccc1. The standard InChI is InChI=1S/C29H28N6O7/c1-19(36)18-42-29(38)11-12-34(17-21-7-5-4-6-8-21)27-14-25(31-20(2)37)26(15-28(27)41-3)33-32-24-10-9-23(35(39)40)13-22(24)16-30/h4-10,13-15H,11-12,17-18H2,1-3H3,(H,31,37). The van der Waals surface area contributed by atoms with E-state index in [0.717, 1.165) is 11.6 Å². The Hall–Kier alpha value is -5.64. The summed E-state index contributed by atoms with van der Waals surface area (Å²) in [5.41, 5.74) is 1.69. The van der Waals surface area contributed by atoms with Crippen LogP contribution in [0.2, 0.25) is 0 Å². The van der Waals surface area contributed by atoms with Crippen molar-refractivity contribution in [1.82, 2.24) is 0 Å². The first-order valence-electron chi connectivity index (χ1n) is 12.6. The van der Waals surface area contributed by atoms with E-state index < -0.39 is 16.8 Å². The number of carbonyl (C=O) groups is 3. The molecule has 0 unspecified atom stereocenters. The third kappa shape index (κ3) is 8.68. The van der Waals surface area contributed by atoms with Crippen LogP contribution in [-0.2, 0) is 25.7 Å². The minimum Gasteiger partial charge on any atom is -0.494 e. The molecule has 0 bridgehead atoms. The molecule has 0 heterocycles. The van der Waals surface area contributed by atoms with Crippen LogP contribution in [0.25, 0.3) is 0 Å². The molecular formula is C29H28N6O7. The van der Waals surface area contributed by atoms with Gasteiger partial charge in [0.15, 0.2) is 5.78 Å². The van der Waals surface area contributed by atoms with E-state index in [1.54, 1.807) is 6.07 Å². The van der Waals surface area contributed by atoms with Crippen LogP contribution in [0.1, 0.15) is 31.4 Å². The average molecular weight is 573 g/mol. The second kappa shape index (κ2) is 14.7. The van der Waals surface area contributed by atoms with Crippen molar-refractivity contribution < 1.29 is 28.8 Å². The topological polar surface area (TPSA) is 177 Å². The molecule has 3 aromatic carbocycles. The number of non-ortho nitro benzene ring substituents is 1. The van der Waals surface area contributed by atoms with Gasteiger partial charge in [-0.1, -0.05) is 30.3 Å². The minimum atomic E-state index is -0.621. The molecule has 0 saturated carbocycles. The van der Waals surface area contributed by atoms with Crippen LogP contribution in [0.5, 0.6) is 5.75 Å². The number of amides is 1. The van der Waals surface area contributed by atoms with Crippen LogP contribution < -0.4 is 15.0 Å². The van der Waals surface area contributed by atoms with E-state index >= 15 is 0 Å². The highest BCUT2D eigenvalue weighted by Crippen LogP contribution is 2.40. The van der Waals surface area contributed by atoms with Gasteiger partial charge in [0.05, 0.1) is 35.4 Å². The van der Waals surface area contributed by atoms with Gasteiger partial charge in [-0.15, -0.1) is 10.2 Å². The highest BCUT2D eigenvalue weighted by Gasteiger charge is 2.20. The van der Waals surface area contributed by atoms with Crippen molar-refractivity contribution in [3.05, 3.63) is 81.9 Å². The fourth-order valence-corrected chi connectivity index (χ4v) is 3.83. The number of ketones is 1. The third-order valence-electron chi connectivity index (χ3n) is 5.76. The van der Waals surface area contributed by atoms with Crippen molar-refractivity contribution in [1.29, 1.82) is 5.26 Å². The van der Waals surface area contributed by atoms with E-state index in [4.69, 9.17) is 9.47 Å². The Bertz CT molecular complexity index is 1550. The maximum Gasteiger partial charge on any atom is 0.308 e. The fraction of sp³-hybridized carbons (Fsp3) is 0.241. The number of esters is 1. The Kier molecular flexibility index (Phi) is 10.8. The fourth-order valence-electron chi connectivity index (χ4n) is 3.83. The summed E-state index contributed by atoms with van der Waals surface area (Å²) >= 11 is 0. The summed E-state index contributed by atoms with van der Waals surface area (Å²) in [5, 5.41) is 31.5. The summed E-state index contributed by atoms with van der Waals surface area (Å²) in [6.45, 7) is 2.89. The van der Waals surface area contributed by atoms with Crippen molar-refractivity contribution in [3.63, 3.8) is 0 Å². The van der Waals surface area contributed by atoms with Crippen LogP contribution in [0.15, 0.2) is 70.9 Å². The zero-order valence-corrected chi connectivity index (χ0v) is 23.2. The highest BCUT2D eigenvalue weighted by atomic mass is 16.6. The smallest absolute Gasteiger partial charge is 0.308 e. The van der Waals surface area contributed by atoms with Gasteiger partial charge in [0, 0.05) is 38.2 Å². The van der Waals surface area contributed by atoms with Crippen molar-refractivity contribution in [2.75, 3.05) is 30.5 Å². The number of anilines is 2. The number of nitro groups is 1. The molecule has 1 N–H and O–H groups in total. The number of nitrogens with one attached hydrogen (secondary N) is 1. The van der Waals surface area contributed by atoms with E-state index in [1.165, 1.54) is 39.2 Å². The predicted molar refractivity (Wildman–Crippen MR) is 153 cm³/mol. The number of Topliss-reactive ketones (excluding diaryl/α,β-unsaturated/α-hetero) is 1. The number of nitriles is 1. The van der Waals surface area contributed by atoms with Crippen LogP contribution in [0.4, 0.5) is 28.4 Å². The molecule has 0 fully saturated rings. The molecule has 216 valence electrons. The molecule has 0 saturated heterocycles. The quantitative estimate of drug-likeness (QED) is 0.122. The molecule has 13 heteroatoms. The molecule has 0 radical (unpaired) electrons. The van der Waals surface area contributed by atoms with Gasteiger partial charge in [-0.25, -0.2) is 0 Å². The summed E-state index contributed by atoms with van der Waals surface area (Å²) in [6.07, 6.45) is -0.0305. The monoisotopic (exact) mass is 572 g/mol. The third-order valence-corrected chi connectivity index (χ3v) is 5.76. The summed E-state index contributed by atoms with van der Waals surface area (Å²) in [5.74, 6) is -0.870. The number of hydrogen-bond acceptors (Lipinski definition) is 11. The largest absolute Gasteiger partial charge is 0.494 e. The molecule has 0 spiro atoms. The highest BCUT2D eigenvalue weighted by molar-refractivity contribution is 5.94. The van der Waals surface area contributed by atoms with E-state index in [1.807, 2.05) is 41.3 Å². The van der Waals surface area contributed by atoms with Crippen LogP contribution in [0, 0.1) is 21.4 Å². The predicted octanol–water partition coefficient (Wildman–Crippen LogP) is 5.38. The molecule has 0 aliphatic carbocycles. The molecule has 1 amide bonds. The van der Waals surface area contributed by atoms with E-state index in [9.17, 15) is 29.8 Å². The summed E-state index contributed by atoms with van der Waals surface area (Å²) in [6, 6.07) is 18.1. The normalized spacial score (nSPS) is 10.5. The lowest BCUT2D eigenvalue weighted by Gasteiger charge is -2.27. The number of nitro benzene ring substituents is 1. The lowest BCUT2D eigenvalue weighted by Crippen LogP contribution is -2.27. The molecule has 0 atom stereocenters. The first-order chi connectivity index (χ1) is 20.1. The van der Waals surface area contributed by atoms with Crippen molar-refractivity contribution in [2.45, 2.75) is 26.8 Å². The summed E-state index contributed by atoms with van der Waals surface area (Å²) in [7, 11) is 1.45. The van der Waals surface area contributed by atoms with Gasteiger partial charge in [0.2, 0.25) is 5.91 Å². The van der Waals surface area contributed by atoms with Crippen molar-refractivity contribution in [3.8, 4) is 11.8 Å². The molecular weight excluding hydrogens is 544 g/mol. The van der Waals surface area contributed by atoms with Gasteiger partial charge in [0.25, 0.3) is 5.69 Å². The van der Waals surface area contributed by atoms with Crippen molar-refractivity contribution in [2.24, 2.45) is 10.2 Å². The summed E-state index contributed by atoms with van der Waals surface area (Å²) in [4.78, 5) is 47.9.